The molecule has 104 valence electrons. The van der Waals surface area contributed by atoms with Crippen molar-refractivity contribution in [2.45, 2.75) is 44.2 Å². The van der Waals surface area contributed by atoms with Crippen LogP contribution in [-0.2, 0) is 0 Å². The van der Waals surface area contributed by atoms with Gasteiger partial charge in [-0.15, -0.1) is 0 Å². The Hall–Kier alpha value is -0.890. The first kappa shape index (κ1) is 14.5. The van der Waals surface area contributed by atoms with Crippen LogP contribution < -0.4 is 5.32 Å². The second-order valence-corrected chi connectivity index (χ2v) is 6.12. The smallest absolute Gasteiger partial charge is 0.293 e. The second-order valence-electron chi connectivity index (χ2n) is 4.87. The second kappa shape index (κ2) is 6.51. The third-order valence-corrected chi connectivity index (χ3v) is 4.15. The third-order valence-electron chi connectivity index (χ3n) is 3.48. The molecular weight excluding hydrogens is 359 g/mol. The maximum Gasteiger partial charge on any atom is 0.293 e. The summed E-state index contributed by atoms with van der Waals surface area (Å²) in [5.74, 6) is 0. The highest BCUT2D eigenvalue weighted by atomic mass is 127. The van der Waals surface area contributed by atoms with Gasteiger partial charge in [0.1, 0.15) is 5.69 Å². The molecule has 0 heterocycles. The first-order valence-corrected chi connectivity index (χ1v) is 7.54. The number of aliphatic hydroxyl groups excluding tert-OH is 1. The molecule has 0 radical (unpaired) electrons. The van der Waals surface area contributed by atoms with E-state index in [0.717, 1.165) is 35.7 Å². The summed E-state index contributed by atoms with van der Waals surface area (Å²) in [6.45, 7) is 0. The molecule has 19 heavy (non-hydrogen) atoms. The first-order valence-electron chi connectivity index (χ1n) is 6.46. The van der Waals surface area contributed by atoms with Gasteiger partial charge < -0.3 is 10.4 Å². The predicted molar refractivity (Wildman–Crippen MR) is 82.3 cm³/mol. The fraction of sp³-hybridized carbons (Fsp3) is 0.538. The van der Waals surface area contributed by atoms with Crippen molar-refractivity contribution in [3.8, 4) is 0 Å². The number of hydrogen-bond acceptors (Lipinski definition) is 4. The van der Waals surface area contributed by atoms with E-state index in [1.165, 1.54) is 0 Å². The minimum Gasteiger partial charge on any atom is -0.391 e. The Kier molecular flexibility index (Phi) is 4.98. The van der Waals surface area contributed by atoms with Gasteiger partial charge in [0.05, 0.1) is 17.1 Å². The molecule has 1 aliphatic carbocycles. The quantitative estimate of drug-likeness (QED) is 0.367. The molecule has 2 rings (SSSR count). The Morgan fingerprint density at radius 3 is 2.79 bits per heavy atom. The van der Waals surface area contributed by atoms with E-state index in [1.807, 2.05) is 6.07 Å². The summed E-state index contributed by atoms with van der Waals surface area (Å²) in [5.41, 5.74) is 0.569. The highest BCUT2D eigenvalue weighted by molar-refractivity contribution is 14.1. The number of aliphatic hydroxyl groups is 1. The van der Waals surface area contributed by atoms with Gasteiger partial charge in [0.25, 0.3) is 5.69 Å². The Bertz CT molecular complexity index is 467. The van der Waals surface area contributed by atoms with E-state index < -0.39 is 6.10 Å². The van der Waals surface area contributed by atoms with Gasteiger partial charge in [0.15, 0.2) is 0 Å². The maximum atomic E-state index is 11.1. The minimum atomic E-state index is -0.429. The fourth-order valence-electron chi connectivity index (χ4n) is 2.43. The number of nitro groups is 1. The number of nitrogens with one attached hydrogen (secondary N) is 1. The summed E-state index contributed by atoms with van der Waals surface area (Å²) >= 11 is 2.05. The molecule has 0 aliphatic heterocycles. The normalized spacial score (nSPS) is 23.7. The van der Waals surface area contributed by atoms with Crippen LogP contribution in [0.4, 0.5) is 11.4 Å². The highest BCUT2D eigenvalue weighted by Gasteiger charge is 2.24. The van der Waals surface area contributed by atoms with Crippen LogP contribution in [-0.4, -0.2) is 22.2 Å². The summed E-state index contributed by atoms with van der Waals surface area (Å²) < 4.78 is 0.830. The molecule has 0 aromatic heterocycles. The van der Waals surface area contributed by atoms with Gasteiger partial charge in [0, 0.05) is 9.64 Å². The number of nitro benzene ring substituents is 1. The summed E-state index contributed by atoms with van der Waals surface area (Å²) in [7, 11) is 0. The lowest BCUT2D eigenvalue weighted by Crippen LogP contribution is -2.32. The Balaban J connectivity index is 2.19. The first-order chi connectivity index (χ1) is 9.08. The number of anilines is 1. The Morgan fingerprint density at radius 1 is 1.32 bits per heavy atom. The molecule has 1 aliphatic rings. The van der Waals surface area contributed by atoms with Crippen molar-refractivity contribution < 1.29 is 10.0 Å². The zero-order valence-electron chi connectivity index (χ0n) is 10.5. The average molecular weight is 376 g/mol. The predicted octanol–water partition coefficient (Wildman–Crippen LogP) is 3.30. The SMILES string of the molecule is O=[N+]([O-])c1cc(I)ccc1NC1CCCCCC1O. The van der Waals surface area contributed by atoms with E-state index in [-0.39, 0.29) is 16.7 Å². The van der Waals surface area contributed by atoms with E-state index in [0.29, 0.717) is 5.69 Å². The molecule has 2 N–H and O–H groups in total. The van der Waals surface area contributed by atoms with Crippen LogP contribution in [0.3, 0.4) is 0 Å². The van der Waals surface area contributed by atoms with Crippen molar-refractivity contribution in [3.05, 3.63) is 31.9 Å². The summed E-state index contributed by atoms with van der Waals surface area (Å²) in [5, 5.41) is 24.3. The maximum absolute atomic E-state index is 11.1. The summed E-state index contributed by atoms with van der Waals surface area (Å²) in [4.78, 5) is 10.7. The van der Waals surface area contributed by atoms with Gasteiger partial charge in [-0.3, -0.25) is 10.1 Å². The lowest BCUT2D eigenvalue weighted by Gasteiger charge is -2.22. The van der Waals surface area contributed by atoms with Crippen molar-refractivity contribution in [1.29, 1.82) is 0 Å². The van der Waals surface area contributed by atoms with Gasteiger partial charge >= 0.3 is 0 Å². The van der Waals surface area contributed by atoms with E-state index in [4.69, 9.17) is 0 Å². The molecule has 1 fully saturated rings. The number of hydrogen-bond donors (Lipinski definition) is 2. The number of rotatable bonds is 3. The average Bonchev–Trinajstić information content (AvgIpc) is 2.57. The molecule has 2 atom stereocenters. The lowest BCUT2D eigenvalue weighted by molar-refractivity contribution is -0.384. The molecular formula is C13H17IN2O3. The van der Waals surface area contributed by atoms with E-state index >= 15 is 0 Å². The Labute approximate surface area is 125 Å². The summed E-state index contributed by atoms with van der Waals surface area (Å²) in [6, 6.07) is 5.00. The monoisotopic (exact) mass is 376 g/mol. The van der Waals surface area contributed by atoms with Crippen LogP contribution in [0, 0.1) is 13.7 Å². The van der Waals surface area contributed by atoms with Crippen LogP contribution in [0.15, 0.2) is 18.2 Å². The van der Waals surface area contributed by atoms with Gasteiger partial charge in [-0.05, 0) is 47.6 Å². The molecule has 5 nitrogen and oxygen atoms in total. The van der Waals surface area contributed by atoms with Crippen molar-refractivity contribution in [2.24, 2.45) is 0 Å². The number of benzene rings is 1. The molecule has 1 aromatic carbocycles. The minimum absolute atomic E-state index is 0.0725. The van der Waals surface area contributed by atoms with Crippen LogP contribution in [0.2, 0.25) is 0 Å². The van der Waals surface area contributed by atoms with Crippen molar-refractivity contribution in [2.75, 3.05) is 5.32 Å². The van der Waals surface area contributed by atoms with Crippen LogP contribution in [0.5, 0.6) is 0 Å². The molecule has 2 unspecified atom stereocenters. The Morgan fingerprint density at radius 2 is 2.05 bits per heavy atom. The molecule has 0 spiro atoms. The standard InChI is InChI=1S/C13H17IN2O3/c14-9-6-7-10(12(8-9)16(18)19)15-11-4-2-1-3-5-13(11)17/h6-8,11,13,15,17H,1-5H2. The number of halogens is 1. The highest BCUT2D eigenvalue weighted by Crippen LogP contribution is 2.29. The van der Waals surface area contributed by atoms with Crippen LogP contribution >= 0.6 is 22.6 Å². The van der Waals surface area contributed by atoms with Crippen molar-refractivity contribution in [3.63, 3.8) is 0 Å². The lowest BCUT2D eigenvalue weighted by atomic mass is 10.1. The zero-order valence-corrected chi connectivity index (χ0v) is 12.7. The fourth-order valence-corrected chi connectivity index (χ4v) is 2.91. The van der Waals surface area contributed by atoms with Gasteiger partial charge in [-0.25, -0.2) is 0 Å². The molecule has 0 saturated heterocycles. The van der Waals surface area contributed by atoms with E-state index in [2.05, 4.69) is 27.9 Å². The topological polar surface area (TPSA) is 75.4 Å². The largest absolute Gasteiger partial charge is 0.391 e. The zero-order chi connectivity index (χ0) is 13.8. The van der Waals surface area contributed by atoms with Crippen LogP contribution in [0.25, 0.3) is 0 Å². The number of nitrogens with zero attached hydrogens (tertiary/aromatic N) is 1. The van der Waals surface area contributed by atoms with E-state index in [1.54, 1.807) is 12.1 Å². The molecule has 0 bridgehead atoms. The molecule has 0 amide bonds. The van der Waals surface area contributed by atoms with Crippen molar-refractivity contribution in [1.82, 2.24) is 0 Å². The van der Waals surface area contributed by atoms with Gasteiger partial charge in [-0.1, -0.05) is 19.3 Å². The molecule has 1 saturated carbocycles. The van der Waals surface area contributed by atoms with Gasteiger partial charge in [-0.2, -0.15) is 0 Å². The van der Waals surface area contributed by atoms with Crippen LogP contribution in [0.1, 0.15) is 32.1 Å². The van der Waals surface area contributed by atoms with Crippen molar-refractivity contribution >= 4 is 34.0 Å². The van der Waals surface area contributed by atoms with Gasteiger partial charge in [0.2, 0.25) is 0 Å². The molecule has 1 aromatic rings. The van der Waals surface area contributed by atoms with E-state index in [9.17, 15) is 15.2 Å². The summed E-state index contributed by atoms with van der Waals surface area (Å²) in [6.07, 6.45) is 4.37. The third kappa shape index (κ3) is 3.79. The molecule has 6 heteroatoms.